The Morgan fingerprint density at radius 2 is 1.68 bits per heavy atom. The highest BCUT2D eigenvalue weighted by Crippen LogP contribution is 2.32. The van der Waals surface area contributed by atoms with E-state index < -0.39 is 0 Å². The van der Waals surface area contributed by atoms with Crippen molar-refractivity contribution in [2.45, 2.75) is 31.2 Å². The van der Waals surface area contributed by atoms with Gasteiger partial charge in [0, 0.05) is 35.6 Å². The third-order valence-corrected chi connectivity index (χ3v) is 4.29. The zero-order valence-electron chi connectivity index (χ0n) is 11.4. The van der Waals surface area contributed by atoms with Crippen LogP contribution in [0.4, 0.5) is 0 Å². The van der Waals surface area contributed by atoms with Crippen LogP contribution < -0.4 is 5.73 Å². The summed E-state index contributed by atoms with van der Waals surface area (Å²) in [4.78, 5) is 13.1. The van der Waals surface area contributed by atoms with E-state index in [1.165, 1.54) is 0 Å². The van der Waals surface area contributed by atoms with Gasteiger partial charge in [0.1, 0.15) is 0 Å². The summed E-state index contributed by atoms with van der Waals surface area (Å²) in [5, 5.41) is 0.942. The third kappa shape index (κ3) is 3.30. The summed E-state index contributed by atoms with van der Waals surface area (Å²) in [6.07, 6.45) is 3.57. The third-order valence-electron chi connectivity index (χ3n) is 3.15. The number of rotatable bonds is 4. The number of pyridine rings is 1. The molecule has 19 heavy (non-hydrogen) atoms. The molecule has 2 aromatic heterocycles. The van der Waals surface area contributed by atoms with Crippen LogP contribution in [0.1, 0.15) is 27.8 Å². The molecule has 2 rings (SSSR count). The molecule has 0 bridgehead atoms. The molecule has 2 N–H and O–H groups in total. The molecule has 0 spiro atoms. The van der Waals surface area contributed by atoms with Crippen LogP contribution in [0.15, 0.2) is 29.7 Å². The van der Waals surface area contributed by atoms with Crippen molar-refractivity contribution in [3.8, 4) is 0 Å². The summed E-state index contributed by atoms with van der Waals surface area (Å²) in [6, 6.07) is 3.97. The van der Waals surface area contributed by atoms with Gasteiger partial charge in [0.2, 0.25) is 0 Å². The second-order valence-corrected chi connectivity index (χ2v) is 5.59. The molecule has 0 aliphatic heterocycles. The molecule has 0 aliphatic rings. The molecule has 2 aromatic rings. The number of aryl methyl sites for hydroxylation is 2. The summed E-state index contributed by atoms with van der Waals surface area (Å²) in [7, 11) is 0. The van der Waals surface area contributed by atoms with Crippen molar-refractivity contribution in [1.82, 2.24) is 15.0 Å². The maximum absolute atomic E-state index is 5.86. The van der Waals surface area contributed by atoms with E-state index in [1.807, 2.05) is 32.9 Å². The van der Waals surface area contributed by atoms with Gasteiger partial charge in [0.25, 0.3) is 0 Å². The summed E-state index contributed by atoms with van der Waals surface area (Å²) >= 11 is 1.60. The first kappa shape index (κ1) is 14.0. The van der Waals surface area contributed by atoms with Gasteiger partial charge in [-0.1, -0.05) is 11.8 Å². The molecule has 5 heteroatoms. The SMILES string of the molecule is Cc1nc(SC(CN)c2ccncc2)nc(C)c1C. The van der Waals surface area contributed by atoms with E-state index in [9.17, 15) is 0 Å². The molecule has 100 valence electrons. The van der Waals surface area contributed by atoms with Gasteiger partial charge in [-0.05, 0) is 44.0 Å². The highest BCUT2D eigenvalue weighted by molar-refractivity contribution is 7.99. The molecule has 2 heterocycles. The Hall–Kier alpha value is -1.46. The van der Waals surface area contributed by atoms with Crippen LogP contribution >= 0.6 is 11.8 Å². The lowest BCUT2D eigenvalue weighted by Gasteiger charge is -2.14. The fourth-order valence-electron chi connectivity index (χ4n) is 1.75. The second-order valence-electron chi connectivity index (χ2n) is 4.42. The largest absolute Gasteiger partial charge is 0.329 e. The van der Waals surface area contributed by atoms with Crippen LogP contribution in [0.5, 0.6) is 0 Å². The summed E-state index contributed by atoms with van der Waals surface area (Å²) in [5.41, 5.74) is 10.2. The molecule has 0 aliphatic carbocycles. The minimum Gasteiger partial charge on any atom is -0.329 e. The smallest absolute Gasteiger partial charge is 0.188 e. The minimum atomic E-state index is 0.157. The van der Waals surface area contributed by atoms with Crippen molar-refractivity contribution in [3.05, 3.63) is 47.0 Å². The highest BCUT2D eigenvalue weighted by atomic mass is 32.2. The standard InChI is InChI=1S/C14H18N4S/c1-9-10(2)17-14(18-11(9)3)19-13(8-15)12-4-6-16-7-5-12/h4-7,13H,8,15H2,1-3H3. The van der Waals surface area contributed by atoms with Crippen molar-refractivity contribution in [1.29, 1.82) is 0 Å². The zero-order chi connectivity index (χ0) is 13.8. The first-order valence-electron chi connectivity index (χ1n) is 6.20. The molecule has 0 amide bonds. The van der Waals surface area contributed by atoms with E-state index in [1.54, 1.807) is 24.2 Å². The molecule has 1 atom stereocenters. The van der Waals surface area contributed by atoms with E-state index in [0.717, 1.165) is 27.7 Å². The highest BCUT2D eigenvalue weighted by Gasteiger charge is 2.14. The van der Waals surface area contributed by atoms with Crippen molar-refractivity contribution >= 4 is 11.8 Å². The molecular formula is C14H18N4S. The second kappa shape index (κ2) is 6.12. The normalized spacial score (nSPS) is 12.4. The maximum atomic E-state index is 5.86. The Morgan fingerprint density at radius 3 is 2.21 bits per heavy atom. The average Bonchev–Trinajstić information content (AvgIpc) is 2.43. The molecular weight excluding hydrogens is 256 g/mol. The first-order valence-corrected chi connectivity index (χ1v) is 7.08. The van der Waals surface area contributed by atoms with Crippen LogP contribution in [0.2, 0.25) is 0 Å². The fraction of sp³-hybridized carbons (Fsp3) is 0.357. The monoisotopic (exact) mass is 274 g/mol. The predicted octanol–water partition coefficient (Wildman–Crippen LogP) is 2.59. The number of aromatic nitrogens is 3. The summed E-state index contributed by atoms with van der Waals surface area (Å²) < 4.78 is 0. The van der Waals surface area contributed by atoms with E-state index in [0.29, 0.717) is 6.54 Å². The Balaban J connectivity index is 2.24. The molecule has 4 nitrogen and oxygen atoms in total. The Kier molecular flexibility index (Phi) is 4.50. The maximum Gasteiger partial charge on any atom is 0.188 e. The van der Waals surface area contributed by atoms with Crippen LogP contribution in [-0.4, -0.2) is 21.5 Å². The van der Waals surface area contributed by atoms with Crippen LogP contribution in [-0.2, 0) is 0 Å². The van der Waals surface area contributed by atoms with Gasteiger partial charge < -0.3 is 5.73 Å². The van der Waals surface area contributed by atoms with Crippen molar-refractivity contribution < 1.29 is 0 Å². The van der Waals surface area contributed by atoms with Crippen molar-refractivity contribution in [2.75, 3.05) is 6.54 Å². The lowest BCUT2D eigenvalue weighted by Crippen LogP contribution is -2.10. The lowest BCUT2D eigenvalue weighted by atomic mass is 10.2. The number of hydrogen-bond acceptors (Lipinski definition) is 5. The minimum absolute atomic E-state index is 0.157. The number of hydrogen-bond donors (Lipinski definition) is 1. The lowest BCUT2D eigenvalue weighted by molar-refractivity contribution is 0.862. The van der Waals surface area contributed by atoms with Crippen molar-refractivity contribution in [3.63, 3.8) is 0 Å². The molecule has 0 aromatic carbocycles. The van der Waals surface area contributed by atoms with Gasteiger partial charge >= 0.3 is 0 Å². The zero-order valence-corrected chi connectivity index (χ0v) is 12.2. The topological polar surface area (TPSA) is 64.7 Å². The van der Waals surface area contributed by atoms with E-state index in [4.69, 9.17) is 5.73 Å². The quantitative estimate of drug-likeness (QED) is 0.685. The predicted molar refractivity (Wildman–Crippen MR) is 78.1 cm³/mol. The van der Waals surface area contributed by atoms with E-state index in [2.05, 4.69) is 15.0 Å². The number of thioether (sulfide) groups is 1. The summed E-state index contributed by atoms with van der Waals surface area (Å²) in [5.74, 6) is 0. The molecule has 0 saturated carbocycles. The number of nitrogens with two attached hydrogens (primary N) is 1. The van der Waals surface area contributed by atoms with Crippen molar-refractivity contribution in [2.24, 2.45) is 5.73 Å². The van der Waals surface area contributed by atoms with Gasteiger partial charge in [-0.15, -0.1) is 0 Å². The van der Waals surface area contributed by atoms with E-state index >= 15 is 0 Å². The molecule has 0 saturated heterocycles. The van der Waals surface area contributed by atoms with Crippen LogP contribution in [0.3, 0.4) is 0 Å². The summed E-state index contributed by atoms with van der Waals surface area (Å²) in [6.45, 7) is 6.61. The first-order chi connectivity index (χ1) is 9.11. The van der Waals surface area contributed by atoms with Gasteiger partial charge in [-0.3, -0.25) is 4.98 Å². The molecule has 0 radical (unpaired) electrons. The van der Waals surface area contributed by atoms with Crippen LogP contribution in [0.25, 0.3) is 0 Å². The van der Waals surface area contributed by atoms with Gasteiger partial charge in [0.05, 0.1) is 0 Å². The van der Waals surface area contributed by atoms with Gasteiger partial charge in [-0.25, -0.2) is 9.97 Å². The van der Waals surface area contributed by atoms with Gasteiger partial charge in [0.15, 0.2) is 5.16 Å². The number of nitrogens with zero attached hydrogens (tertiary/aromatic N) is 3. The van der Waals surface area contributed by atoms with Gasteiger partial charge in [-0.2, -0.15) is 0 Å². The van der Waals surface area contributed by atoms with E-state index in [-0.39, 0.29) is 5.25 Å². The fourth-order valence-corrected chi connectivity index (χ4v) is 2.77. The Bertz CT molecular complexity index is 534. The molecule has 1 unspecified atom stereocenters. The Labute approximate surface area is 117 Å². The average molecular weight is 274 g/mol. The Morgan fingerprint density at radius 1 is 1.11 bits per heavy atom. The molecule has 0 fully saturated rings. The van der Waals surface area contributed by atoms with Crippen LogP contribution in [0, 0.1) is 20.8 Å².